The number of phenolic OH excluding ortho intramolecular Hbond substituents is 2. The van der Waals surface area contributed by atoms with Crippen LogP contribution < -0.4 is 11.1 Å². The fourth-order valence-corrected chi connectivity index (χ4v) is 4.11. The number of amidine groups is 2. The van der Waals surface area contributed by atoms with E-state index in [2.05, 4.69) is 15.3 Å². The van der Waals surface area contributed by atoms with Gasteiger partial charge in [-0.2, -0.15) is 0 Å². The summed E-state index contributed by atoms with van der Waals surface area (Å²) in [6, 6.07) is 8.03. The molecule has 240 valence electrons. The largest absolute Gasteiger partial charge is 0.508 e. The number of carbonyl (C=O) groups excluding carboxylic acids is 1. The van der Waals surface area contributed by atoms with Crippen LogP contribution in [0, 0.1) is 0 Å². The van der Waals surface area contributed by atoms with Gasteiger partial charge in [0.25, 0.3) is 6.47 Å². The molecule has 4 rings (SSSR count). The molecular weight excluding hydrogens is 598 g/mol. The maximum Gasteiger partial charge on any atom is 0.416 e. The van der Waals surface area contributed by atoms with Crippen LogP contribution in [0.4, 0.5) is 10.5 Å². The van der Waals surface area contributed by atoms with Crippen molar-refractivity contribution in [2.45, 2.75) is 32.8 Å². The number of phenols is 2. The average Bonchev–Trinajstić information content (AvgIpc) is 3.60. The number of rotatable bonds is 4. The molecule has 0 atom stereocenters. The van der Waals surface area contributed by atoms with Crippen LogP contribution in [0.15, 0.2) is 46.4 Å². The van der Waals surface area contributed by atoms with Gasteiger partial charge >= 0.3 is 18.0 Å². The lowest BCUT2D eigenvalue weighted by atomic mass is 10.1. The molecule has 0 fully saturated rings. The van der Waals surface area contributed by atoms with Crippen molar-refractivity contribution in [3.63, 3.8) is 0 Å². The molecular formula is C28H37N5O10S. The minimum absolute atomic E-state index is 0.0116. The number of aliphatic imine (C=N–C) groups is 2. The molecule has 0 saturated heterocycles. The van der Waals surface area contributed by atoms with E-state index in [1.54, 1.807) is 17.0 Å². The van der Waals surface area contributed by atoms with E-state index < -0.39 is 17.5 Å². The van der Waals surface area contributed by atoms with Crippen LogP contribution in [0.1, 0.15) is 47.1 Å². The molecule has 2 aromatic carbocycles. The predicted octanol–water partition coefficient (Wildman–Crippen LogP) is 2.96. The summed E-state index contributed by atoms with van der Waals surface area (Å²) < 4.78 is 5.25. The van der Waals surface area contributed by atoms with Crippen molar-refractivity contribution in [3.8, 4) is 11.5 Å². The standard InChI is InChI=1S/C11H12N2O3.C9H16N2O2S.C7H7NO3.CH2O2/c14-9-4-7(3-8(6-9)11(15)16)5-10-12-1-2-13-10;1-9(2,3)13-8(12)11-6-5-10-7(11)14-4;8-5-1-4(7(10)11)2-6(9)3-5;2-1-3/h3-4,6,14H,1-2,5H2,(H,12,13)(H,15,16);5-6H2,1-4H3;1-3,9H,8H2,(H,10,11);1H,(H,2,3). The van der Waals surface area contributed by atoms with E-state index in [1.165, 1.54) is 30.0 Å². The maximum atomic E-state index is 11.6. The molecule has 2 aliphatic rings. The third-order valence-corrected chi connectivity index (χ3v) is 5.84. The van der Waals surface area contributed by atoms with E-state index in [-0.39, 0.29) is 40.9 Å². The Morgan fingerprint density at radius 2 is 1.57 bits per heavy atom. The Bertz CT molecular complexity index is 1350. The number of aromatic hydroxyl groups is 2. The lowest BCUT2D eigenvalue weighted by molar-refractivity contribution is -0.122. The van der Waals surface area contributed by atoms with E-state index in [4.69, 9.17) is 35.7 Å². The van der Waals surface area contributed by atoms with Crippen LogP contribution >= 0.6 is 11.8 Å². The van der Waals surface area contributed by atoms with Crippen LogP contribution in [-0.2, 0) is 16.0 Å². The number of nitrogens with zero attached hydrogens (tertiary/aromatic N) is 3. The third-order valence-electron chi connectivity index (χ3n) is 5.12. The van der Waals surface area contributed by atoms with Gasteiger partial charge in [-0.25, -0.2) is 14.4 Å². The topological polar surface area (TPSA) is 245 Å². The number of amides is 1. The monoisotopic (exact) mass is 635 g/mol. The number of nitrogens with two attached hydrogens (primary N) is 1. The molecule has 0 unspecified atom stereocenters. The SMILES string of the molecule is CSC1=NCCN1C(=O)OC(C)(C)C.Nc1cc(O)cc(C(=O)O)c1.O=C(O)c1cc(O)cc(CC2=NCCN2)c1.O=CO. The summed E-state index contributed by atoms with van der Waals surface area (Å²) >= 11 is 1.47. The molecule has 2 aliphatic heterocycles. The number of nitrogens with one attached hydrogen (secondary N) is 1. The van der Waals surface area contributed by atoms with Crippen LogP contribution in [0.2, 0.25) is 0 Å². The number of aromatic carboxylic acids is 2. The summed E-state index contributed by atoms with van der Waals surface area (Å²) in [4.78, 5) is 51.1. The van der Waals surface area contributed by atoms with Crippen molar-refractivity contribution in [1.29, 1.82) is 0 Å². The number of hydrogen-bond donors (Lipinski definition) is 7. The Balaban J connectivity index is 0.000000320. The quantitative estimate of drug-likeness (QED) is 0.189. The van der Waals surface area contributed by atoms with Crippen LogP contribution in [0.5, 0.6) is 11.5 Å². The van der Waals surface area contributed by atoms with E-state index in [9.17, 15) is 19.5 Å². The van der Waals surface area contributed by atoms with Crippen LogP contribution in [0.25, 0.3) is 0 Å². The summed E-state index contributed by atoms with van der Waals surface area (Å²) in [7, 11) is 0. The van der Waals surface area contributed by atoms with E-state index in [1.807, 2.05) is 27.0 Å². The number of nitrogen functional groups attached to an aromatic ring is 1. The first kappa shape index (κ1) is 37.0. The lowest BCUT2D eigenvalue weighted by Crippen LogP contribution is -2.37. The van der Waals surface area contributed by atoms with Gasteiger partial charge in [-0.05, 0) is 62.9 Å². The highest BCUT2D eigenvalue weighted by atomic mass is 32.2. The Kier molecular flexibility index (Phi) is 15.0. The number of benzene rings is 2. The molecule has 16 heteroatoms. The number of ether oxygens (including phenoxy) is 1. The molecule has 0 radical (unpaired) electrons. The smallest absolute Gasteiger partial charge is 0.416 e. The van der Waals surface area contributed by atoms with Gasteiger partial charge in [-0.1, -0.05) is 11.8 Å². The Labute approximate surface area is 258 Å². The van der Waals surface area contributed by atoms with Crippen molar-refractivity contribution < 1.29 is 49.4 Å². The first-order valence-electron chi connectivity index (χ1n) is 12.9. The second kappa shape index (κ2) is 17.8. The molecule has 1 amide bonds. The number of thioether (sulfide) groups is 1. The van der Waals surface area contributed by atoms with Crippen molar-refractivity contribution in [1.82, 2.24) is 10.2 Å². The summed E-state index contributed by atoms with van der Waals surface area (Å²) in [5.41, 5.74) is 5.89. The number of carbonyl (C=O) groups is 4. The number of hydrogen-bond acceptors (Lipinski definition) is 12. The number of anilines is 1. The Morgan fingerprint density at radius 1 is 1.00 bits per heavy atom. The van der Waals surface area contributed by atoms with E-state index in [0.717, 1.165) is 35.7 Å². The maximum absolute atomic E-state index is 11.6. The minimum Gasteiger partial charge on any atom is -0.508 e. The molecule has 0 aliphatic carbocycles. The lowest BCUT2D eigenvalue weighted by Gasteiger charge is -2.24. The average molecular weight is 636 g/mol. The fourth-order valence-electron chi connectivity index (χ4n) is 3.50. The molecule has 0 saturated carbocycles. The zero-order valence-electron chi connectivity index (χ0n) is 24.7. The van der Waals surface area contributed by atoms with Gasteiger partial charge in [0.1, 0.15) is 22.9 Å². The van der Waals surface area contributed by atoms with E-state index in [0.29, 0.717) is 19.5 Å². The molecule has 0 spiro atoms. The summed E-state index contributed by atoms with van der Waals surface area (Å²) in [5.74, 6) is -1.48. The molecule has 15 nitrogen and oxygen atoms in total. The molecule has 44 heavy (non-hydrogen) atoms. The summed E-state index contributed by atoms with van der Waals surface area (Å²) in [6.45, 7) is 8.20. The first-order valence-corrected chi connectivity index (χ1v) is 14.2. The fraction of sp³-hybridized carbons (Fsp3) is 0.357. The number of carboxylic acids is 2. The van der Waals surface area contributed by atoms with Gasteiger partial charge < -0.3 is 41.3 Å². The van der Waals surface area contributed by atoms with Crippen LogP contribution in [0.3, 0.4) is 0 Å². The molecule has 2 aromatic rings. The predicted molar refractivity (Wildman–Crippen MR) is 166 cm³/mol. The highest BCUT2D eigenvalue weighted by Gasteiger charge is 2.27. The zero-order valence-corrected chi connectivity index (χ0v) is 25.5. The van der Waals surface area contributed by atoms with Gasteiger partial charge in [-0.15, -0.1) is 0 Å². The molecule has 0 aromatic heterocycles. The van der Waals surface area contributed by atoms with Gasteiger partial charge in [-0.3, -0.25) is 19.7 Å². The number of carboxylic acid groups (broad SMARTS) is 3. The van der Waals surface area contributed by atoms with Gasteiger partial charge in [0.05, 0.1) is 30.8 Å². The van der Waals surface area contributed by atoms with Crippen molar-refractivity contribution in [2.75, 3.05) is 38.2 Å². The summed E-state index contributed by atoms with van der Waals surface area (Å²) in [5, 5.41) is 46.3. The summed E-state index contributed by atoms with van der Waals surface area (Å²) in [6.07, 6.45) is 2.12. The van der Waals surface area contributed by atoms with E-state index >= 15 is 0 Å². The van der Waals surface area contributed by atoms with Crippen molar-refractivity contribution >= 4 is 53.0 Å². The van der Waals surface area contributed by atoms with Gasteiger partial charge in [0.15, 0.2) is 5.17 Å². The molecule has 8 N–H and O–H groups in total. The Hall–Kier alpha value is -4.99. The van der Waals surface area contributed by atoms with Crippen molar-refractivity contribution in [2.24, 2.45) is 9.98 Å². The highest BCUT2D eigenvalue weighted by molar-refractivity contribution is 8.13. The minimum atomic E-state index is -1.10. The Morgan fingerprint density at radius 3 is 2.05 bits per heavy atom. The third kappa shape index (κ3) is 13.8. The second-order valence-electron chi connectivity index (χ2n) is 9.85. The van der Waals surface area contributed by atoms with Crippen LogP contribution in [-0.4, -0.2) is 104 Å². The highest BCUT2D eigenvalue weighted by Crippen LogP contribution is 2.18. The first-order chi connectivity index (χ1) is 20.6. The van der Waals surface area contributed by atoms with Gasteiger partial charge in [0.2, 0.25) is 0 Å². The van der Waals surface area contributed by atoms with Gasteiger partial charge in [0, 0.05) is 24.7 Å². The zero-order chi connectivity index (χ0) is 33.4. The normalized spacial score (nSPS) is 13.2. The molecule has 0 bridgehead atoms. The molecule has 2 heterocycles. The van der Waals surface area contributed by atoms with Crippen molar-refractivity contribution in [3.05, 3.63) is 53.1 Å². The second-order valence-corrected chi connectivity index (χ2v) is 10.6.